The lowest BCUT2D eigenvalue weighted by Crippen LogP contribution is -2.01. The molecule has 0 bridgehead atoms. The lowest BCUT2D eigenvalue weighted by Gasteiger charge is -2.15. The van der Waals surface area contributed by atoms with Crippen molar-refractivity contribution in [1.82, 2.24) is 14.8 Å². The van der Waals surface area contributed by atoms with Crippen LogP contribution in [0.4, 0.5) is 0 Å². The SMILES string of the molecule is COc1cc(-c2nnc(SCc3cccc(Cl)c3Cl)n2-c2ccc(O)cc2)cc(OC)c1OC. The van der Waals surface area contributed by atoms with Gasteiger partial charge in [-0.15, -0.1) is 10.2 Å². The van der Waals surface area contributed by atoms with E-state index in [2.05, 4.69) is 10.2 Å². The fourth-order valence-electron chi connectivity index (χ4n) is 3.40. The molecule has 1 aromatic heterocycles. The molecule has 4 aromatic rings. The highest BCUT2D eigenvalue weighted by molar-refractivity contribution is 7.98. The average Bonchev–Trinajstić information content (AvgIpc) is 3.28. The molecule has 34 heavy (non-hydrogen) atoms. The van der Waals surface area contributed by atoms with Crippen LogP contribution in [-0.4, -0.2) is 41.2 Å². The minimum Gasteiger partial charge on any atom is -0.508 e. The normalized spacial score (nSPS) is 10.9. The molecule has 0 fully saturated rings. The molecule has 4 rings (SSSR count). The predicted molar refractivity (Wildman–Crippen MR) is 134 cm³/mol. The summed E-state index contributed by atoms with van der Waals surface area (Å²) in [6.07, 6.45) is 0. The average molecular weight is 518 g/mol. The first-order chi connectivity index (χ1) is 16.5. The first-order valence-corrected chi connectivity index (χ1v) is 11.8. The van der Waals surface area contributed by atoms with Crippen molar-refractivity contribution in [2.75, 3.05) is 21.3 Å². The van der Waals surface area contributed by atoms with Crippen molar-refractivity contribution in [2.45, 2.75) is 10.9 Å². The summed E-state index contributed by atoms with van der Waals surface area (Å²) in [7, 11) is 4.66. The lowest BCUT2D eigenvalue weighted by atomic mass is 10.1. The minimum absolute atomic E-state index is 0.158. The van der Waals surface area contributed by atoms with Gasteiger partial charge in [0.25, 0.3) is 0 Å². The summed E-state index contributed by atoms with van der Waals surface area (Å²) in [5, 5.41) is 20.3. The number of thioether (sulfide) groups is 1. The standard InChI is InChI=1S/C24H21Cl2N3O4S/c1-31-19-11-15(12-20(32-2)22(19)33-3)23-27-28-24(29(23)16-7-9-17(30)10-8-16)34-13-14-5-4-6-18(25)21(14)26/h4-12,30H,13H2,1-3H3. The van der Waals surface area contributed by atoms with Crippen LogP contribution >= 0.6 is 35.0 Å². The highest BCUT2D eigenvalue weighted by Gasteiger charge is 2.21. The van der Waals surface area contributed by atoms with E-state index >= 15 is 0 Å². The molecule has 0 unspecified atom stereocenters. The topological polar surface area (TPSA) is 78.6 Å². The third-order valence-electron chi connectivity index (χ3n) is 5.05. The molecule has 1 heterocycles. The smallest absolute Gasteiger partial charge is 0.203 e. The van der Waals surface area contributed by atoms with Crippen LogP contribution in [-0.2, 0) is 5.75 Å². The van der Waals surface area contributed by atoms with Crippen LogP contribution in [0.5, 0.6) is 23.0 Å². The minimum atomic E-state index is 0.158. The molecule has 0 radical (unpaired) electrons. The van der Waals surface area contributed by atoms with Crippen molar-refractivity contribution in [2.24, 2.45) is 0 Å². The number of aromatic hydroxyl groups is 1. The van der Waals surface area contributed by atoms with Gasteiger partial charge in [0.1, 0.15) is 5.75 Å². The van der Waals surface area contributed by atoms with Crippen LogP contribution in [0.1, 0.15) is 5.56 Å². The van der Waals surface area contributed by atoms with Crippen LogP contribution in [0.3, 0.4) is 0 Å². The molecule has 0 atom stereocenters. The van der Waals surface area contributed by atoms with E-state index in [1.165, 1.54) is 11.8 Å². The van der Waals surface area contributed by atoms with Crippen LogP contribution in [0.25, 0.3) is 17.1 Å². The number of ether oxygens (including phenoxy) is 3. The zero-order valence-corrected chi connectivity index (χ0v) is 20.9. The monoisotopic (exact) mass is 517 g/mol. The molecule has 0 saturated carbocycles. The van der Waals surface area contributed by atoms with Crippen LogP contribution in [0.15, 0.2) is 59.8 Å². The number of rotatable bonds is 8. The number of hydrogen-bond acceptors (Lipinski definition) is 7. The molecular weight excluding hydrogens is 497 g/mol. The van der Waals surface area contributed by atoms with E-state index in [4.69, 9.17) is 37.4 Å². The zero-order chi connectivity index (χ0) is 24.2. The second-order valence-corrected chi connectivity index (χ2v) is 8.80. The molecule has 0 aliphatic carbocycles. The Morgan fingerprint density at radius 1 is 0.912 bits per heavy atom. The third kappa shape index (κ3) is 4.75. The molecule has 0 aliphatic rings. The molecule has 10 heteroatoms. The van der Waals surface area contributed by atoms with E-state index in [0.29, 0.717) is 49.6 Å². The van der Waals surface area contributed by atoms with Crippen LogP contribution in [0.2, 0.25) is 10.0 Å². The van der Waals surface area contributed by atoms with Gasteiger partial charge in [0.05, 0.1) is 31.4 Å². The van der Waals surface area contributed by atoms with Crippen molar-refractivity contribution in [3.05, 3.63) is 70.2 Å². The predicted octanol–water partition coefficient (Wildman–Crippen LogP) is 6.26. The van der Waals surface area contributed by atoms with Gasteiger partial charge in [-0.2, -0.15) is 0 Å². The number of halogens is 2. The first kappa shape index (κ1) is 24.1. The molecule has 0 aliphatic heterocycles. The Hall–Kier alpha value is -3.07. The van der Waals surface area contributed by atoms with Crippen LogP contribution in [0, 0.1) is 0 Å². The van der Waals surface area contributed by atoms with Crippen molar-refractivity contribution in [3.63, 3.8) is 0 Å². The summed E-state index contributed by atoms with van der Waals surface area (Å²) in [6.45, 7) is 0. The van der Waals surface area contributed by atoms with E-state index < -0.39 is 0 Å². The molecule has 0 amide bonds. The second kappa shape index (κ2) is 10.5. The maximum atomic E-state index is 9.79. The van der Waals surface area contributed by atoms with Gasteiger partial charge in [-0.3, -0.25) is 4.57 Å². The van der Waals surface area contributed by atoms with Gasteiger partial charge in [-0.05, 0) is 48.0 Å². The highest BCUT2D eigenvalue weighted by Crippen LogP contribution is 2.42. The maximum Gasteiger partial charge on any atom is 0.203 e. The van der Waals surface area contributed by atoms with Crippen molar-refractivity contribution < 1.29 is 19.3 Å². The van der Waals surface area contributed by atoms with Gasteiger partial charge in [0.15, 0.2) is 22.5 Å². The van der Waals surface area contributed by atoms with Gasteiger partial charge in [0, 0.05) is 17.0 Å². The summed E-state index contributed by atoms with van der Waals surface area (Å²) in [4.78, 5) is 0. The molecule has 7 nitrogen and oxygen atoms in total. The number of phenols is 1. The quantitative estimate of drug-likeness (QED) is 0.276. The molecule has 3 aromatic carbocycles. The maximum absolute atomic E-state index is 9.79. The van der Waals surface area contributed by atoms with E-state index in [9.17, 15) is 5.11 Å². The Bertz CT molecular complexity index is 1290. The summed E-state index contributed by atoms with van der Waals surface area (Å²) >= 11 is 14.0. The Kier molecular flexibility index (Phi) is 7.41. The van der Waals surface area contributed by atoms with E-state index in [1.807, 2.05) is 28.8 Å². The first-order valence-electron chi connectivity index (χ1n) is 10.1. The fraction of sp³-hybridized carbons (Fsp3) is 0.167. The highest BCUT2D eigenvalue weighted by atomic mass is 35.5. The fourth-order valence-corrected chi connectivity index (χ4v) is 4.81. The van der Waals surface area contributed by atoms with Gasteiger partial charge < -0.3 is 19.3 Å². The molecule has 0 saturated heterocycles. The Balaban J connectivity index is 1.82. The summed E-state index contributed by atoms with van der Waals surface area (Å²) in [5.41, 5.74) is 2.36. The van der Waals surface area contributed by atoms with Crippen molar-refractivity contribution in [3.8, 4) is 40.1 Å². The Morgan fingerprint density at radius 2 is 1.59 bits per heavy atom. The molecule has 0 spiro atoms. The molecule has 176 valence electrons. The van der Waals surface area contributed by atoms with Gasteiger partial charge >= 0.3 is 0 Å². The number of methoxy groups -OCH3 is 3. The van der Waals surface area contributed by atoms with Gasteiger partial charge in [-0.1, -0.05) is 47.1 Å². The number of hydrogen-bond donors (Lipinski definition) is 1. The summed E-state index contributed by atoms with van der Waals surface area (Å²) in [6, 6.07) is 15.9. The summed E-state index contributed by atoms with van der Waals surface area (Å²) in [5.74, 6) is 2.73. The molecular formula is C24H21Cl2N3O4S. The summed E-state index contributed by atoms with van der Waals surface area (Å²) < 4.78 is 18.4. The Morgan fingerprint density at radius 3 is 2.21 bits per heavy atom. The molecule has 1 N–H and O–H groups in total. The number of nitrogens with zero attached hydrogens (tertiary/aromatic N) is 3. The Labute approximate surface area is 211 Å². The number of phenolic OH excluding ortho intramolecular Hbond substituents is 1. The zero-order valence-electron chi connectivity index (χ0n) is 18.6. The van der Waals surface area contributed by atoms with Gasteiger partial charge in [-0.25, -0.2) is 0 Å². The van der Waals surface area contributed by atoms with Crippen molar-refractivity contribution >= 4 is 35.0 Å². The largest absolute Gasteiger partial charge is 0.508 e. The van der Waals surface area contributed by atoms with Crippen molar-refractivity contribution in [1.29, 1.82) is 0 Å². The lowest BCUT2D eigenvalue weighted by molar-refractivity contribution is 0.324. The van der Waals surface area contributed by atoms with Crippen LogP contribution < -0.4 is 14.2 Å². The second-order valence-electron chi connectivity index (χ2n) is 7.07. The van der Waals surface area contributed by atoms with E-state index in [0.717, 1.165) is 11.3 Å². The van der Waals surface area contributed by atoms with E-state index in [-0.39, 0.29) is 5.75 Å². The van der Waals surface area contributed by atoms with E-state index in [1.54, 1.807) is 51.7 Å². The third-order valence-corrected chi connectivity index (χ3v) is 6.89. The number of benzene rings is 3. The van der Waals surface area contributed by atoms with Gasteiger partial charge in [0.2, 0.25) is 5.75 Å². The number of aromatic nitrogens is 3.